The third kappa shape index (κ3) is 2.64. The fraction of sp³-hybridized carbons (Fsp3) is 1.00. The van der Waals surface area contributed by atoms with Crippen molar-refractivity contribution in [3.05, 3.63) is 0 Å². The molecule has 0 spiro atoms. The van der Waals surface area contributed by atoms with Crippen molar-refractivity contribution in [2.75, 3.05) is 0 Å². The van der Waals surface area contributed by atoms with E-state index < -0.39 is 0 Å². The maximum Gasteiger partial charge on any atom is 0.204 e. The first-order valence-corrected chi connectivity index (χ1v) is 3.01. The minimum absolute atomic E-state index is 0.630. The van der Waals surface area contributed by atoms with E-state index in [4.69, 9.17) is 0 Å². The normalized spacial score (nSPS) is 8.50. The minimum Gasteiger partial charge on any atom is -0.227 e. The molecule has 0 atom stereocenters. The van der Waals surface area contributed by atoms with Crippen molar-refractivity contribution in [1.29, 1.82) is 0 Å². The van der Waals surface area contributed by atoms with Gasteiger partial charge in [-0.05, 0) is 0 Å². The van der Waals surface area contributed by atoms with Gasteiger partial charge in [-0.1, -0.05) is 26.5 Å². The molecule has 0 saturated heterocycles. The molecule has 0 rings (SSSR count). The Morgan fingerprint density at radius 2 is 1.67 bits per heavy atom. The molecule has 0 bridgehead atoms. The topological polar surface area (TPSA) is 0 Å². The van der Waals surface area contributed by atoms with Crippen LogP contribution >= 0.6 is 12.5 Å². The van der Waals surface area contributed by atoms with Gasteiger partial charge in [-0.15, -0.1) is 0 Å². The quantitative estimate of drug-likeness (QED) is 0.399. The van der Waals surface area contributed by atoms with Crippen molar-refractivity contribution >= 4 is 18.5 Å². The summed E-state index contributed by atoms with van der Waals surface area (Å²) < 4.78 is 0. The Kier molecular flexibility index (Phi) is 3.85. The molecule has 0 aliphatic carbocycles. The largest absolute Gasteiger partial charge is 0.227 e. The van der Waals surface area contributed by atoms with Crippen molar-refractivity contribution in [1.82, 2.24) is 0 Å². The number of rotatable bonds is 2. The van der Waals surface area contributed by atoms with E-state index in [0.29, 0.717) is 5.99 Å². The molecule has 6 heavy (non-hydrogen) atoms. The second-order valence-electron chi connectivity index (χ2n) is 1.47. The van der Waals surface area contributed by atoms with Gasteiger partial charge in [0.25, 0.3) is 0 Å². The average molecular weight is 102 g/mol. The zero-order chi connectivity index (χ0) is 4.99. The fourth-order valence-electron chi connectivity index (χ4n) is 0.289. The molecule has 0 aliphatic heterocycles. The highest BCUT2D eigenvalue weighted by molar-refractivity contribution is 8.10. The van der Waals surface area contributed by atoms with Crippen LogP contribution in [-0.2, 0) is 0 Å². The molecule has 0 N–H and O–H groups in total. The van der Waals surface area contributed by atoms with Crippen LogP contribution in [0.1, 0.15) is 13.8 Å². The fourth-order valence-corrected chi connectivity index (χ4v) is 0.289. The van der Waals surface area contributed by atoms with Gasteiger partial charge in [0.05, 0.1) is 0 Å². The van der Waals surface area contributed by atoms with Gasteiger partial charge in [0.15, 0.2) is 0 Å². The first kappa shape index (κ1) is 6.41. The van der Waals surface area contributed by atoms with Gasteiger partial charge in [-0.3, -0.25) is 0 Å². The van der Waals surface area contributed by atoms with Crippen LogP contribution in [-0.4, -0.2) is 5.99 Å². The summed E-state index contributed by atoms with van der Waals surface area (Å²) in [7, 11) is 0. The lowest BCUT2D eigenvalue weighted by Crippen LogP contribution is -1.95. The highest BCUT2D eigenvalue weighted by Gasteiger charge is 1.96. The molecule has 0 fully saturated rings. The van der Waals surface area contributed by atoms with Crippen LogP contribution in [0.5, 0.6) is 0 Å². The average Bonchev–Trinajstić information content (AvgIpc) is 1.65. The van der Waals surface area contributed by atoms with E-state index in [1.54, 1.807) is 0 Å². The van der Waals surface area contributed by atoms with E-state index in [2.05, 4.69) is 26.3 Å². The summed E-state index contributed by atoms with van der Waals surface area (Å²) in [5, 5.41) is 0. The molecule has 0 aromatic carbocycles. The molecular formula is C4H11BS. The lowest BCUT2D eigenvalue weighted by molar-refractivity contribution is 1.35. The zero-order valence-electron chi connectivity index (χ0n) is 4.44. The summed E-state index contributed by atoms with van der Waals surface area (Å²) in [5.41, 5.74) is 0. The van der Waals surface area contributed by atoms with E-state index in [0.717, 1.165) is 0 Å². The van der Waals surface area contributed by atoms with Crippen LogP contribution in [0.15, 0.2) is 0 Å². The first-order chi connectivity index (χ1) is 2.81. The van der Waals surface area contributed by atoms with Crippen LogP contribution in [0, 0.1) is 0 Å². The van der Waals surface area contributed by atoms with E-state index in [9.17, 15) is 0 Å². The molecule has 0 aliphatic rings. The molecule has 0 aromatic rings. The maximum absolute atomic E-state index is 4.23. The summed E-state index contributed by atoms with van der Waals surface area (Å²) in [5.74, 6) is 0.630. The Hall–Kier alpha value is 0.415. The van der Waals surface area contributed by atoms with Crippen LogP contribution < -0.4 is 0 Å². The van der Waals surface area contributed by atoms with E-state index in [1.807, 2.05) is 0 Å². The third-order valence-electron chi connectivity index (χ3n) is 0.942. The van der Waals surface area contributed by atoms with Crippen molar-refractivity contribution in [2.24, 2.45) is 0 Å². The lowest BCUT2D eigenvalue weighted by Gasteiger charge is -1.92. The molecule has 0 nitrogen and oxygen atoms in total. The molecular weight excluding hydrogens is 90.9 g/mol. The van der Waals surface area contributed by atoms with E-state index in [-0.39, 0.29) is 0 Å². The summed E-state index contributed by atoms with van der Waals surface area (Å²) in [6.45, 7) is 4.31. The van der Waals surface area contributed by atoms with Gasteiger partial charge in [0.2, 0.25) is 5.99 Å². The molecule has 2 heteroatoms. The number of hydrogen-bond donors (Lipinski definition) is 1. The summed E-state index contributed by atoms with van der Waals surface area (Å²) >= 11 is 4.23. The predicted octanol–water partition coefficient (Wildman–Crippen LogP) is 1.95. The maximum atomic E-state index is 4.23. The predicted molar refractivity (Wildman–Crippen MR) is 35.7 cm³/mol. The molecule has 0 aromatic heterocycles. The Balaban J connectivity index is 2.75. The van der Waals surface area contributed by atoms with Gasteiger partial charge >= 0.3 is 0 Å². The van der Waals surface area contributed by atoms with Gasteiger partial charge < -0.3 is 0 Å². The Bertz CT molecular complexity index is 26.7. The lowest BCUT2D eigenvalue weighted by atomic mass is 9.70. The minimum atomic E-state index is 0.630. The van der Waals surface area contributed by atoms with Crippen LogP contribution in [0.2, 0.25) is 12.6 Å². The Morgan fingerprint density at radius 1 is 1.33 bits per heavy atom. The third-order valence-corrected chi connectivity index (χ3v) is 1.67. The monoisotopic (exact) mass is 102 g/mol. The number of thiol groups is 1. The van der Waals surface area contributed by atoms with E-state index in [1.165, 1.54) is 12.6 Å². The highest BCUT2D eigenvalue weighted by atomic mass is 32.1. The SMILES string of the molecule is CCB(S)CC. The second-order valence-corrected chi connectivity index (χ2v) is 2.20. The van der Waals surface area contributed by atoms with Crippen molar-refractivity contribution in [3.8, 4) is 0 Å². The Morgan fingerprint density at radius 3 is 1.67 bits per heavy atom. The molecule has 0 heterocycles. The smallest absolute Gasteiger partial charge is 0.204 e. The highest BCUT2D eigenvalue weighted by Crippen LogP contribution is 1.99. The van der Waals surface area contributed by atoms with Gasteiger partial charge in [-0.2, -0.15) is 0 Å². The molecule has 0 amide bonds. The standard InChI is InChI=1S/C4H11BS/c1-3-5(6)4-2/h6H,3-4H2,1-2H3. The van der Waals surface area contributed by atoms with Crippen LogP contribution in [0.25, 0.3) is 0 Å². The Labute approximate surface area is 45.7 Å². The zero-order valence-corrected chi connectivity index (χ0v) is 5.33. The molecule has 0 radical (unpaired) electrons. The van der Waals surface area contributed by atoms with Gasteiger partial charge in [0.1, 0.15) is 0 Å². The van der Waals surface area contributed by atoms with Crippen LogP contribution in [0.4, 0.5) is 0 Å². The van der Waals surface area contributed by atoms with Crippen molar-refractivity contribution < 1.29 is 0 Å². The van der Waals surface area contributed by atoms with Crippen molar-refractivity contribution in [2.45, 2.75) is 26.5 Å². The first-order valence-electron chi connectivity index (χ1n) is 2.49. The van der Waals surface area contributed by atoms with Gasteiger partial charge in [-0.25, -0.2) is 12.5 Å². The molecule has 0 saturated carbocycles. The van der Waals surface area contributed by atoms with Crippen molar-refractivity contribution in [3.63, 3.8) is 0 Å². The van der Waals surface area contributed by atoms with Gasteiger partial charge in [0, 0.05) is 0 Å². The summed E-state index contributed by atoms with van der Waals surface area (Å²) in [4.78, 5) is 0. The molecule has 0 unspecified atom stereocenters. The van der Waals surface area contributed by atoms with E-state index >= 15 is 0 Å². The summed E-state index contributed by atoms with van der Waals surface area (Å²) in [6, 6.07) is 0. The summed E-state index contributed by atoms with van der Waals surface area (Å²) in [6.07, 6.45) is 2.39. The second kappa shape index (κ2) is 3.60. The van der Waals surface area contributed by atoms with Crippen LogP contribution in [0.3, 0.4) is 0 Å². The number of hydrogen-bond acceptors (Lipinski definition) is 1. The molecule has 36 valence electrons.